The molecule has 0 heterocycles. The van der Waals surface area contributed by atoms with Crippen LogP contribution in [0.3, 0.4) is 0 Å². The van der Waals surface area contributed by atoms with Crippen molar-refractivity contribution in [3.63, 3.8) is 0 Å². The number of carbonyl (C=O) groups is 2. The fraction of sp³-hybridized carbons (Fsp3) is 0.167. The van der Waals surface area contributed by atoms with Crippen molar-refractivity contribution < 1.29 is 37.9 Å². The molecule has 17 heavy (non-hydrogen) atoms. The number of hydrogen-bond acceptors (Lipinski definition) is 3. The van der Waals surface area contributed by atoms with Crippen LogP contribution in [0.1, 0.15) is 23.2 Å². The Labute approximate surface area is 111 Å². The second-order valence-corrected chi connectivity index (χ2v) is 3.18. The molecule has 0 aliphatic rings. The number of carbonyl (C=O) groups excluding carboxylic acids is 2. The fourth-order valence-corrected chi connectivity index (χ4v) is 1.10. The van der Waals surface area contributed by atoms with E-state index in [9.17, 15) is 19.1 Å². The molecule has 0 amide bonds. The maximum Gasteiger partial charge on any atom is 1.00 e. The molecular formula is C12H10FLiO3. The Bertz CT molecular complexity index is 412. The van der Waals surface area contributed by atoms with Crippen molar-refractivity contribution in [1.82, 2.24) is 0 Å². The zero-order chi connectivity index (χ0) is 12.0. The average Bonchev–Trinajstić information content (AvgIpc) is 2.25. The molecule has 5 heteroatoms. The van der Waals surface area contributed by atoms with Gasteiger partial charge < -0.3 is 9.90 Å². The minimum Gasteiger partial charge on any atom is -0.550 e. The summed E-state index contributed by atoms with van der Waals surface area (Å²) in [5.74, 6) is -1.84. The van der Waals surface area contributed by atoms with E-state index in [1.165, 1.54) is 36.4 Å². The van der Waals surface area contributed by atoms with Crippen molar-refractivity contribution in [1.29, 1.82) is 0 Å². The summed E-state index contributed by atoms with van der Waals surface area (Å²) in [5, 5.41) is 10.1. The van der Waals surface area contributed by atoms with E-state index in [4.69, 9.17) is 0 Å². The summed E-state index contributed by atoms with van der Waals surface area (Å²) in [7, 11) is 0. The number of ketones is 1. The first-order chi connectivity index (χ1) is 7.59. The molecule has 0 spiro atoms. The smallest absolute Gasteiger partial charge is 0.550 e. The molecular weight excluding hydrogens is 218 g/mol. The van der Waals surface area contributed by atoms with E-state index >= 15 is 0 Å². The van der Waals surface area contributed by atoms with Gasteiger partial charge in [0.2, 0.25) is 0 Å². The molecule has 0 fully saturated rings. The number of hydrogen-bond donors (Lipinski definition) is 0. The van der Waals surface area contributed by atoms with E-state index in [0.717, 1.165) is 0 Å². The zero-order valence-corrected chi connectivity index (χ0v) is 9.48. The maximum absolute atomic E-state index is 12.5. The number of aliphatic carboxylic acids is 1. The standard InChI is InChI=1S/C12H11FO3.Li/c13-10-7-5-9(6-8-10)11(14)3-1-2-4-12(15)16;/h1,3,5-8H,2,4H2,(H,15,16);/q;+1/p-1/b3-1+;. The maximum atomic E-state index is 12.5. The van der Waals surface area contributed by atoms with Crippen LogP contribution < -0.4 is 24.0 Å². The molecule has 0 atom stereocenters. The van der Waals surface area contributed by atoms with Gasteiger partial charge in [-0.3, -0.25) is 4.79 Å². The zero-order valence-electron chi connectivity index (χ0n) is 9.48. The van der Waals surface area contributed by atoms with Crippen molar-refractivity contribution in [3.05, 3.63) is 47.8 Å². The van der Waals surface area contributed by atoms with E-state index in [0.29, 0.717) is 5.56 Å². The van der Waals surface area contributed by atoms with E-state index < -0.39 is 11.8 Å². The third-order valence-corrected chi connectivity index (χ3v) is 1.91. The van der Waals surface area contributed by atoms with Crippen molar-refractivity contribution in [2.75, 3.05) is 0 Å². The van der Waals surface area contributed by atoms with Gasteiger partial charge in [-0.1, -0.05) is 6.08 Å². The molecule has 0 aromatic heterocycles. The van der Waals surface area contributed by atoms with Crippen LogP contribution in [0.15, 0.2) is 36.4 Å². The second-order valence-electron chi connectivity index (χ2n) is 3.18. The molecule has 0 saturated carbocycles. The Morgan fingerprint density at radius 2 is 1.82 bits per heavy atom. The summed E-state index contributed by atoms with van der Waals surface area (Å²) < 4.78 is 12.5. The molecule has 0 N–H and O–H groups in total. The summed E-state index contributed by atoms with van der Waals surface area (Å²) in [4.78, 5) is 21.5. The molecule has 84 valence electrons. The van der Waals surface area contributed by atoms with Gasteiger partial charge in [-0.05, 0) is 43.2 Å². The van der Waals surface area contributed by atoms with Crippen LogP contribution in [0.2, 0.25) is 0 Å². The van der Waals surface area contributed by atoms with Crippen molar-refractivity contribution in [2.45, 2.75) is 12.8 Å². The Morgan fingerprint density at radius 1 is 1.24 bits per heavy atom. The predicted octanol–water partition coefficient (Wildman–Crippen LogP) is -1.90. The number of rotatable bonds is 5. The summed E-state index contributed by atoms with van der Waals surface area (Å²) in [6.45, 7) is 0. The predicted molar refractivity (Wildman–Crippen MR) is 54.1 cm³/mol. The van der Waals surface area contributed by atoms with Crippen LogP contribution >= 0.6 is 0 Å². The Morgan fingerprint density at radius 3 is 2.35 bits per heavy atom. The Balaban J connectivity index is 0.00000256. The minimum absolute atomic E-state index is 0. The van der Waals surface area contributed by atoms with E-state index in [2.05, 4.69) is 0 Å². The number of carboxylic acids is 1. The van der Waals surface area contributed by atoms with Gasteiger partial charge in [0.05, 0.1) is 0 Å². The van der Waals surface area contributed by atoms with Gasteiger partial charge in [-0.15, -0.1) is 0 Å². The van der Waals surface area contributed by atoms with Gasteiger partial charge in [0.25, 0.3) is 0 Å². The van der Waals surface area contributed by atoms with Crippen molar-refractivity contribution in [3.8, 4) is 0 Å². The van der Waals surface area contributed by atoms with Crippen LogP contribution in [0.25, 0.3) is 0 Å². The van der Waals surface area contributed by atoms with Crippen LogP contribution in [-0.4, -0.2) is 11.8 Å². The summed E-state index contributed by atoms with van der Waals surface area (Å²) in [6.07, 6.45) is 2.86. The second kappa shape index (κ2) is 7.83. The monoisotopic (exact) mass is 228 g/mol. The van der Waals surface area contributed by atoms with Gasteiger partial charge >= 0.3 is 18.9 Å². The summed E-state index contributed by atoms with van der Waals surface area (Å²) in [6, 6.07) is 5.14. The number of allylic oxidation sites excluding steroid dienone is 2. The third kappa shape index (κ3) is 6.05. The molecule has 1 rings (SSSR count). The Hall–Kier alpha value is -1.37. The van der Waals surface area contributed by atoms with Crippen molar-refractivity contribution in [2.24, 2.45) is 0 Å². The van der Waals surface area contributed by atoms with E-state index in [-0.39, 0.29) is 37.5 Å². The SMILES string of the molecule is O=C([O-])CC/C=C/C(=O)c1ccc(F)cc1.[Li+]. The van der Waals surface area contributed by atoms with Crippen LogP contribution in [0, 0.1) is 5.82 Å². The minimum atomic E-state index is -1.15. The number of halogens is 1. The first-order valence-electron chi connectivity index (χ1n) is 4.76. The van der Waals surface area contributed by atoms with E-state index in [1.807, 2.05) is 0 Å². The quantitative estimate of drug-likeness (QED) is 0.336. The van der Waals surface area contributed by atoms with E-state index in [1.54, 1.807) is 0 Å². The molecule has 0 aliphatic carbocycles. The van der Waals surface area contributed by atoms with Gasteiger partial charge in [0, 0.05) is 11.5 Å². The van der Waals surface area contributed by atoms with Gasteiger partial charge in [0.15, 0.2) is 5.78 Å². The number of benzene rings is 1. The van der Waals surface area contributed by atoms with Crippen LogP contribution in [-0.2, 0) is 4.79 Å². The van der Waals surface area contributed by atoms with Crippen LogP contribution in [0.4, 0.5) is 4.39 Å². The molecule has 0 bridgehead atoms. The van der Waals surface area contributed by atoms with Gasteiger partial charge in [0.1, 0.15) is 5.82 Å². The first-order valence-corrected chi connectivity index (χ1v) is 4.76. The summed E-state index contributed by atoms with van der Waals surface area (Å²) in [5.41, 5.74) is 0.367. The normalized spacial score (nSPS) is 9.94. The molecule has 0 radical (unpaired) electrons. The van der Waals surface area contributed by atoms with Crippen molar-refractivity contribution >= 4 is 11.8 Å². The third-order valence-electron chi connectivity index (χ3n) is 1.91. The molecule has 0 aliphatic heterocycles. The van der Waals surface area contributed by atoms with Gasteiger partial charge in [-0.2, -0.15) is 0 Å². The topological polar surface area (TPSA) is 57.2 Å². The Kier molecular flexibility index (Phi) is 7.20. The molecule has 0 saturated heterocycles. The molecule has 1 aromatic rings. The molecule has 1 aromatic carbocycles. The van der Waals surface area contributed by atoms with Crippen LogP contribution in [0.5, 0.6) is 0 Å². The largest absolute Gasteiger partial charge is 1.00 e. The molecule has 3 nitrogen and oxygen atoms in total. The molecule has 0 unspecified atom stereocenters. The first kappa shape index (κ1) is 15.6. The number of carboxylic acid groups (broad SMARTS) is 1. The fourth-order valence-electron chi connectivity index (χ4n) is 1.10. The van der Waals surface area contributed by atoms with Gasteiger partial charge in [-0.25, -0.2) is 4.39 Å². The summed E-state index contributed by atoms with van der Waals surface area (Å²) >= 11 is 0. The average molecular weight is 228 g/mol.